The lowest BCUT2D eigenvalue weighted by molar-refractivity contribution is 0.177. The summed E-state index contributed by atoms with van der Waals surface area (Å²) in [6, 6.07) is 14.2. The molecule has 1 N–H and O–H groups in total. The number of aliphatic hydroxyl groups excluding tert-OH is 1. The second-order valence-electron chi connectivity index (χ2n) is 4.40. The van der Waals surface area contributed by atoms with Crippen molar-refractivity contribution in [2.45, 2.75) is 25.9 Å². The van der Waals surface area contributed by atoms with E-state index in [1.165, 1.54) is 12.1 Å². The van der Waals surface area contributed by atoms with Gasteiger partial charge in [0, 0.05) is 6.42 Å². The van der Waals surface area contributed by atoms with Crippen LogP contribution < -0.4 is 0 Å². The molecule has 0 aromatic heterocycles. The third-order valence-electron chi connectivity index (χ3n) is 3.11. The molecule has 18 heavy (non-hydrogen) atoms. The van der Waals surface area contributed by atoms with Crippen molar-refractivity contribution in [3.05, 3.63) is 71.0 Å². The van der Waals surface area contributed by atoms with E-state index in [1.807, 2.05) is 30.3 Å². The summed E-state index contributed by atoms with van der Waals surface area (Å²) in [5, 5.41) is 10.3. The lowest BCUT2D eigenvalue weighted by atomic mass is 9.96. The molecule has 1 nitrogen and oxygen atoms in total. The zero-order valence-corrected chi connectivity index (χ0v) is 10.4. The predicted octanol–water partition coefficient (Wildman–Crippen LogP) is 3.66. The molecule has 0 aliphatic rings. The van der Waals surface area contributed by atoms with E-state index in [-0.39, 0.29) is 5.82 Å². The monoisotopic (exact) mass is 244 g/mol. The summed E-state index contributed by atoms with van der Waals surface area (Å²) in [7, 11) is 0. The minimum atomic E-state index is -0.581. The van der Waals surface area contributed by atoms with Crippen LogP contribution in [0.15, 0.2) is 48.5 Å². The fourth-order valence-electron chi connectivity index (χ4n) is 2.18. The van der Waals surface area contributed by atoms with Crippen molar-refractivity contribution in [3.8, 4) is 0 Å². The van der Waals surface area contributed by atoms with Gasteiger partial charge in [-0.05, 0) is 35.2 Å². The second kappa shape index (κ2) is 5.78. The van der Waals surface area contributed by atoms with Gasteiger partial charge in [-0.25, -0.2) is 4.39 Å². The van der Waals surface area contributed by atoms with Crippen LogP contribution >= 0.6 is 0 Å². The highest BCUT2D eigenvalue weighted by atomic mass is 19.1. The molecule has 2 rings (SSSR count). The fraction of sp³-hybridized carbons (Fsp3) is 0.250. The quantitative estimate of drug-likeness (QED) is 0.870. The van der Waals surface area contributed by atoms with Crippen molar-refractivity contribution < 1.29 is 9.50 Å². The standard InChI is InChI=1S/C16H17FO/c1-2-13-7-3-4-9-15(13)16(18)11-12-6-5-8-14(17)10-12/h3-10,16,18H,2,11H2,1H3. The van der Waals surface area contributed by atoms with E-state index < -0.39 is 6.10 Å². The van der Waals surface area contributed by atoms with Crippen LogP contribution in [-0.2, 0) is 12.8 Å². The second-order valence-corrected chi connectivity index (χ2v) is 4.40. The molecule has 2 aromatic rings. The van der Waals surface area contributed by atoms with Gasteiger partial charge in [-0.1, -0.05) is 43.3 Å². The number of aryl methyl sites for hydroxylation is 1. The van der Waals surface area contributed by atoms with Crippen LogP contribution in [0.25, 0.3) is 0 Å². The molecule has 0 saturated heterocycles. The molecule has 1 atom stereocenters. The van der Waals surface area contributed by atoms with Crippen LogP contribution in [0.1, 0.15) is 29.7 Å². The molecular weight excluding hydrogens is 227 g/mol. The fourth-order valence-corrected chi connectivity index (χ4v) is 2.18. The van der Waals surface area contributed by atoms with Crippen LogP contribution in [0.5, 0.6) is 0 Å². The molecule has 0 bridgehead atoms. The number of hydrogen-bond acceptors (Lipinski definition) is 1. The number of benzene rings is 2. The van der Waals surface area contributed by atoms with Crippen molar-refractivity contribution >= 4 is 0 Å². The van der Waals surface area contributed by atoms with Crippen molar-refractivity contribution in [1.29, 1.82) is 0 Å². The first-order chi connectivity index (χ1) is 8.70. The zero-order valence-electron chi connectivity index (χ0n) is 10.4. The van der Waals surface area contributed by atoms with Gasteiger partial charge in [0.1, 0.15) is 5.82 Å². The Hall–Kier alpha value is -1.67. The van der Waals surface area contributed by atoms with Gasteiger partial charge in [0.2, 0.25) is 0 Å². The molecular formula is C16H17FO. The van der Waals surface area contributed by atoms with Gasteiger partial charge in [-0.2, -0.15) is 0 Å². The Morgan fingerprint density at radius 3 is 2.61 bits per heavy atom. The van der Waals surface area contributed by atoms with Crippen molar-refractivity contribution in [1.82, 2.24) is 0 Å². The Morgan fingerprint density at radius 2 is 1.89 bits per heavy atom. The zero-order chi connectivity index (χ0) is 13.0. The van der Waals surface area contributed by atoms with Gasteiger partial charge in [0.15, 0.2) is 0 Å². The maximum absolute atomic E-state index is 13.1. The van der Waals surface area contributed by atoms with E-state index in [4.69, 9.17) is 0 Å². The van der Waals surface area contributed by atoms with E-state index in [2.05, 4.69) is 6.92 Å². The van der Waals surface area contributed by atoms with E-state index in [1.54, 1.807) is 6.07 Å². The molecule has 2 heteroatoms. The highest BCUT2D eigenvalue weighted by molar-refractivity contribution is 5.30. The van der Waals surface area contributed by atoms with Crippen molar-refractivity contribution in [2.24, 2.45) is 0 Å². The third kappa shape index (κ3) is 2.96. The summed E-state index contributed by atoms with van der Waals surface area (Å²) in [5.74, 6) is -0.261. The first-order valence-corrected chi connectivity index (χ1v) is 6.21. The summed E-state index contributed by atoms with van der Waals surface area (Å²) in [6.07, 6.45) is 0.744. The molecule has 0 aliphatic carbocycles. The highest BCUT2D eigenvalue weighted by Crippen LogP contribution is 2.22. The van der Waals surface area contributed by atoms with Gasteiger partial charge in [-0.3, -0.25) is 0 Å². The van der Waals surface area contributed by atoms with Crippen LogP contribution in [0, 0.1) is 5.82 Å². The maximum atomic E-state index is 13.1. The third-order valence-corrected chi connectivity index (χ3v) is 3.11. The van der Waals surface area contributed by atoms with Gasteiger partial charge < -0.3 is 5.11 Å². The topological polar surface area (TPSA) is 20.2 Å². The molecule has 1 unspecified atom stereocenters. The molecule has 0 radical (unpaired) electrons. The molecule has 94 valence electrons. The average Bonchev–Trinajstić information content (AvgIpc) is 2.38. The van der Waals surface area contributed by atoms with Crippen LogP contribution in [0.4, 0.5) is 4.39 Å². The molecule has 0 saturated carbocycles. The first kappa shape index (κ1) is 12.8. The average molecular weight is 244 g/mol. The SMILES string of the molecule is CCc1ccccc1C(O)Cc1cccc(F)c1. The highest BCUT2D eigenvalue weighted by Gasteiger charge is 2.12. The largest absolute Gasteiger partial charge is 0.388 e. The Balaban J connectivity index is 2.19. The Kier molecular flexibility index (Phi) is 4.11. The van der Waals surface area contributed by atoms with E-state index >= 15 is 0 Å². The summed E-state index contributed by atoms with van der Waals surface area (Å²) in [4.78, 5) is 0. The predicted molar refractivity (Wildman–Crippen MR) is 70.9 cm³/mol. The molecule has 0 spiro atoms. The van der Waals surface area contributed by atoms with Crippen LogP contribution in [-0.4, -0.2) is 5.11 Å². The lowest BCUT2D eigenvalue weighted by Gasteiger charge is -2.15. The molecule has 2 aromatic carbocycles. The summed E-state index contributed by atoms with van der Waals surface area (Å²) in [5.41, 5.74) is 2.89. The summed E-state index contributed by atoms with van der Waals surface area (Å²) >= 11 is 0. The smallest absolute Gasteiger partial charge is 0.123 e. The minimum Gasteiger partial charge on any atom is -0.388 e. The number of aliphatic hydroxyl groups is 1. The van der Waals surface area contributed by atoms with Gasteiger partial charge in [0.05, 0.1) is 6.10 Å². The van der Waals surface area contributed by atoms with E-state index in [0.717, 1.165) is 23.1 Å². The van der Waals surface area contributed by atoms with Crippen molar-refractivity contribution in [3.63, 3.8) is 0 Å². The Bertz CT molecular complexity index is 522. The molecule has 0 amide bonds. The number of rotatable bonds is 4. The summed E-state index contributed by atoms with van der Waals surface area (Å²) < 4.78 is 13.1. The van der Waals surface area contributed by atoms with Crippen LogP contribution in [0.2, 0.25) is 0 Å². The first-order valence-electron chi connectivity index (χ1n) is 6.21. The molecule has 0 heterocycles. The Labute approximate surface area is 107 Å². The van der Waals surface area contributed by atoms with Crippen LogP contribution in [0.3, 0.4) is 0 Å². The molecule has 0 aliphatic heterocycles. The van der Waals surface area contributed by atoms with Gasteiger partial charge in [0.25, 0.3) is 0 Å². The summed E-state index contributed by atoms with van der Waals surface area (Å²) in [6.45, 7) is 2.06. The van der Waals surface area contributed by atoms with Gasteiger partial charge in [-0.15, -0.1) is 0 Å². The van der Waals surface area contributed by atoms with E-state index in [0.29, 0.717) is 6.42 Å². The van der Waals surface area contributed by atoms with Crippen molar-refractivity contribution in [2.75, 3.05) is 0 Å². The minimum absolute atomic E-state index is 0.261. The normalized spacial score (nSPS) is 12.4. The lowest BCUT2D eigenvalue weighted by Crippen LogP contribution is -2.05. The number of hydrogen-bond donors (Lipinski definition) is 1. The molecule has 0 fully saturated rings. The Morgan fingerprint density at radius 1 is 1.11 bits per heavy atom. The van der Waals surface area contributed by atoms with Gasteiger partial charge >= 0.3 is 0 Å². The number of halogens is 1. The van der Waals surface area contributed by atoms with E-state index in [9.17, 15) is 9.50 Å². The maximum Gasteiger partial charge on any atom is 0.123 e.